The Labute approximate surface area is 307 Å². The van der Waals surface area contributed by atoms with Gasteiger partial charge in [0.05, 0.1) is 5.69 Å². The van der Waals surface area contributed by atoms with Crippen molar-refractivity contribution < 1.29 is 4.79 Å². The van der Waals surface area contributed by atoms with Gasteiger partial charge in [0.25, 0.3) is 0 Å². The van der Waals surface area contributed by atoms with E-state index >= 15 is 0 Å². The summed E-state index contributed by atoms with van der Waals surface area (Å²) >= 11 is 0. The van der Waals surface area contributed by atoms with Crippen molar-refractivity contribution in [3.63, 3.8) is 0 Å². The fraction of sp³-hybridized carbons (Fsp3) is 0.851. The zero-order valence-electron chi connectivity index (χ0n) is 33.9. The summed E-state index contributed by atoms with van der Waals surface area (Å²) in [6, 6.07) is 2.35. The first kappa shape index (κ1) is 45.6. The van der Waals surface area contributed by atoms with E-state index in [1.54, 1.807) is 11.1 Å². The number of nitrogens with zero attached hydrogens (tertiary/aromatic N) is 1. The quantitative estimate of drug-likeness (QED) is 0.0391. The Morgan fingerprint density at radius 1 is 0.367 bits per heavy atom. The molecule has 0 radical (unpaired) electrons. The average Bonchev–Trinajstić information content (AvgIpc) is 3.11. The molecule has 2 heteroatoms. The van der Waals surface area contributed by atoms with Gasteiger partial charge in [0, 0.05) is 0 Å². The van der Waals surface area contributed by atoms with Crippen LogP contribution >= 0.6 is 0 Å². The van der Waals surface area contributed by atoms with Crippen molar-refractivity contribution in [3.05, 3.63) is 28.3 Å². The maximum atomic E-state index is 11.8. The second-order valence-electron chi connectivity index (χ2n) is 15.6. The van der Waals surface area contributed by atoms with E-state index in [-0.39, 0.29) is 0 Å². The number of rotatable bonds is 37. The van der Waals surface area contributed by atoms with Gasteiger partial charge in [-0.05, 0) is 79.7 Å². The molecule has 284 valence electrons. The Hall–Kier alpha value is -1.40. The summed E-state index contributed by atoms with van der Waals surface area (Å²) in [7, 11) is 0. The van der Waals surface area contributed by atoms with Gasteiger partial charge >= 0.3 is 0 Å². The van der Waals surface area contributed by atoms with E-state index in [0.717, 1.165) is 18.5 Å². The second kappa shape index (κ2) is 35.0. The molecular weight excluding hydrogens is 595 g/mol. The molecule has 0 aliphatic carbocycles. The van der Waals surface area contributed by atoms with Gasteiger partial charge in [-0.2, -0.15) is 4.99 Å². The lowest BCUT2D eigenvalue weighted by atomic mass is 9.84. The van der Waals surface area contributed by atoms with Crippen molar-refractivity contribution in [2.45, 2.75) is 259 Å². The van der Waals surface area contributed by atoms with Gasteiger partial charge < -0.3 is 0 Å². The Morgan fingerprint density at radius 2 is 0.653 bits per heavy atom. The Kier molecular flexibility index (Phi) is 32.6. The monoisotopic (exact) mass is 680 g/mol. The van der Waals surface area contributed by atoms with E-state index in [1.807, 2.05) is 6.08 Å². The van der Waals surface area contributed by atoms with Crippen LogP contribution in [-0.4, -0.2) is 6.08 Å². The van der Waals surface area contributed by atoms with Gasteiger partial charge in [-0.3, -0.25) is 0 Å². The van der Waals surface area contributed by atoms with Crippen molar-refractivity contribution in [2.24, 2.45) is 4.99 Å². The number of unbranched alkanes of at least 4 members (excludes halogenated alkanes) is 28. The topological polar surface area (TPSA) is 29.4 Å². The van der Waals surface area contributed by atoms with Gasteiger partial charge in [-0.25, -0.2) is 4.79 Å². The SMILES string of the molecule is CCCCCCCCCCc1cc(N=C=O)c(CCCCCCCCCC)c(CCCCCCCCCC)c1CCCCCCCCCC. The molecule has 0 amide bonds. The van der Waals surface area contributed by atoms with E-state index in [0.29, 0.717) is 0 Å². The largest absolute Gasteiger partial charge is 0.240 e. The zero-order valence-corrected chi connectivity index (χ0v) is 33.9. The van der Waals surface area contributed by atoms with Crippen LogP contribution in [-0.2, 0) is 30.5 Å². The summed E-state index contributed by atoms with van der Waals surface area (Å²) in [4.78, 5) is 16.2. The normalized spacial score (nSPS) is 11.3. The standard InChI is InChI=1S/C47H85NO/c1-5-9-13-17-21-25-29-33-37-43-41-47(48-42-49)46(40-36-32-28-24-20-16-12-8-4)45(39-35-31-27-23-19-15-11-7-3)44(43)38-34-30-26-22-18-14-10-6-2/h41H,5-40H2,1-4H3. The second-order valence-corrected chi connectivity index (χ2v) is 15.6. The molecule has 0 N–H and O–H groups in total. The van der Waals surface area contributed by atoms with Gasteiger partial charge in [0.15, 0.2) is 0 Å². The Bertz CT molecular complexity index is 913. The highest BCUT2D eigenvalue weighted by Gasteiger charge is 2.18. The number of benzene rings is 1. The molecule has 0 heterocycles. The predicted molar refractivity (Wildman–Crippen MR) is 219 cm³/mol. The van der Waals surface area contributed by atoms with E-state index in [1.165, 1.54) is 229 Å². The molecule has 0 spiro atoms. The molecule has 1 aromatic rings. The van der Waals surface area contributed by atoms with Crippen LogP contribution in [0.1, 0.15) is 255 Å². The van der Waals surface area contributed by atoms with Crippen molar-refractivity contribution in [2.75, 3.05) is 0 Å². The summed E-state index contributed by atoms with van der Waals surface area (Å²) < 4.78 is 0. The summed E-state index contributed by atoms with van der Waals surface area (Å²) in [5.41, 5.74) is 7.14. The molecule has 0 saturated heterocycles. The van der Waals surface area contributed by atoms with Gasteiger partial charge in [0.1, 0.15) is 0 Å². The van der Waals surface area contributed by atoms with Crippen molar-refractivity contribution in [1.29, 1.82) is 0 Å². The molecule has 1 aromatic carbocycles. The molecule has 1 rings (SSSR count). The van der Waals surface area contributed by atoms with Crippen molar-refractivity contribution in [3.8, 4) is 0 Å². The average molecular weight is 680 g/mol. The number of aryl methyl sites for hydroxylation is 1. The Morgan fingerprint density at radius 3 is 1.00 bits per heavy atom. The van der Waals surface area contributed by atoms with Crippen molar-refractivity contribution in [1.82, 2.24) is 0 Å². The number of isocyanates is 1. The first-order valence-corrected chi connectivity index (χ1v) is 22.5. The van der Waals surface area contributed by atoms with Crippen LogP contribution in [0.4, 0.5) is 5.69 Å². The highest BCUT2D eigenvalue weighted by molar-refractivity contribution is 5.61. The van der Waals surface area contributed by atoms with Crippen LogP contribution in [0.15, 0.2) is 11.1 Å². The van der Waals surface area contributed by atoms with E-state index < -0.39 is 0 Å². The first-order chi connectivity index (χ1) is 24.2. The molecule has 49 heavy (non-hydrogen) atoms. The van der Waals surface area contributed by atoms with E-state index in [9.17, 15) is 4.79 Å². The van der Waals surface area contributed by atoms with Crippen molar-refractivity contribution >= 4 is 11.8 Å². The van der Waals surface area contributed by atoms with Crippen LogP contribution < -0.4 is 0 Å². The molecule has 0 bridgehead atoms. The van der Waals surface area contributed by atoms with Gasteiger partial charge in [-0.15, -0.1) is 0 Å². The molecule has 0 aromatic heterocycles. The highest BCUT2D eigenvalue weighted by atomic mass is 16.1. The minimum atomic E-state index is 0.960. The van der Waals surface area contributed by atoms with Gasteiger partial charge in [0.2, 0.25) is 6.08 Å². The summed E-state index contributed by atoms with van der Waals surface area (Å²) in [6.07, 6.45) is 49.9. The number of hydrogen-bond acceptors (Lipinski definition) is 2. The molecule has 0 aliphatic rings. The molecule has 2 nitrogen and oxygen atoms in total. The molecule has 0 aliphatic heterocycles. The minimum Gasteiger partial charge on any atom is -0.211 e. The lowest BCUT2D eigenvalue weighted by Gasteiger charge is -2.22. The van der Waals surface area contributed by atoms with Crippen LogP contribution in [0.25, 0.3) is 0 Å². The third kappa shape index (κ3) is 24.4. The predicted octanol–water partition coefficient (Wildman–Crippen LogP) is 16.4. The molecule has 0 unspecified atom stereocenters. The zero-order chi connectivity index (χ0) is 35.5. The number of aliphatic imine (C=N–C) groups is 1. The smallest absolute Gasteiger partial charge is 0.211 e. The summed E-state index contributed by atoms with van der Waals surface area (Å²) in [6.45, 7) is 9.22. The fourth-order valence-corrected chi connectivity index (χ4v) is 7.89. The maximum Gasteiger partial charge on any atom is 0.240 e. The van der Waals surface area contributed by atoms with Crippen LogP contribution in [0, 0.1) is 0 Å². The van der Waals surface area contributed by atoms with E-state index in [4.69, 9.17) is 0 Å². The van der Waals surface area contributed by atoms with Crippen LogP contribution in [0.5, 0.6) is 0 Å². The molecule has 0 atom stereocenters. The first-order valence-electron chi connectivity index (χ1n) is 22.5. The Balaban J connectivity index is 3.13. The number of carbonyl (C=O) groups excluding carboxylic acids is 1. The van der Waals surface area contributed by atoms with E-state index in [2.05, 4.69) is 38.8 Å². The fourth-order valence-electron chi connectivity index (χ4n) is 7.89. The third-order valence-electron chi connectivity index (χ3n) is 11.0. The molecule has 0 saturated carbocycles. The lowest BCUT2D eigenvalue weighted by molar-refractivity contribution is 0.563. The van der Waals surface area contributed by atoms with Gasteiger partial charge in [-0.1, -0.05) is 207 Å². The molecular formula is C47H85NO. The highest BCUT2D eigenvalue weighted by Crippen LogP contribution is 2.35. The minimum absolute atomic E-state index is 0.960. The third-order valence-corrected chi connectivity index (χ3v) is 11.0. The summed E-state index contributed by atoms with van der Waals surface area (Å²) in [5.74, 6) is 0. The summed E-state index contributed by atoms with van der Waals surface area (Å²) in [5, 5.41) is 0. The number of hydrogen-bond donors (Lipinski definition) is 0. The molecule has 0 fully saturated rings. The lowest BCUT2D eigenvalue weighted by Crippen LogP contribution is -2.07. The van der Waals surface area contributed by atoms with Crippen LogP contribution in [0.2, 0.25) is 0 Å². The van der Waals surface area contributed by atoms with Crippen LogP contribution in [0.3, 0.4) is 0 Å². The maximum absolute atomic E-state index is 11.8.